The minimum absolute atomic E-state index is 0.268. The number of rotatable bonds is 10. The second-order valence-electron chi connectivity index (χ2n) is 5.96. The van der Waals surface area contributed by atoms with Crippen molar-refractivity contribution < 1.29 is 0 Å². The van der Waals surface area contributed by atoms with Crippen molar-refractivity contribution in [3.05, 3.63) is 24.3 Å². The summed E-state index contributed by atoms with van der Waals surface area (Å²) in [5, 5.41) is 0. The number of unbranched alkanes of at least 4 members (excludes halogenated alkanes) is 5. The van der Waals surface area contributed by atoms with Gasteiger partial charge in [-0.15, -0.1) is 0 Å². The molecule has 2 nitrogen and oxygen atoms in total. The summed E-state index contributed by atoms with van der Waals surface area (Å²) in [6, 6.07) is 0. The molecule has 0 N–H and O–H groups in total. The van der Waals surface area contributed by atoms with Gasteiger partial charge in [0.1, 0.15) is 6.33 Å². The van der Waals surface area contributed by atoms with E-state index in [0.717, 1.165) is 0 Å². The first-order chi connectivity index (χ1) is 9.23. The largest absolute Gasteiger partial charge is 0.245 e. The molecule has 1 heterocycles. The van der Waals surface area contributed by atoms with Gasteiger partial charge in [0.2, 0.25) is 0 Å². The highest BCUT2D eigenvalue weighted by Gasteiger charge is 2.26. The lowest BCUT2D eigenvalue weighted by atomic mass is 9.75. The number of aromatic nitrogens is 2. The van der Waals surface area contributed by atoms with Crippen LogP contribution in [-0.4, -0.2) is 9.97 Å². The molecule has 0 aliphatic rings. The molecule has 1 aromatic rings. The van der Waals surface area contributed by atoms with E-state index in [1.165, 1.54) is 63.4 Å². The van der Waals surface area contributed by atoms with Crippen molar-refractivity contribution in [2.24, 2.45) is 0 Å². The summed E-state index contributed by atoms with van der Waals surface area (Å²) in [5.74, 6) is 0. The molecule has 0 saturated carbocycles. The van der Waals surface area contributed by atoms with Gasteiger partial charge < -0.3 is 0 Å². The van der Waals surface area contributed by atoms with Gasteiger partial charge in [0, 0.05) is 12.4 Å². The molecule has 0 aliphatic heterocycles. The van der Waals surface area contributed by atoms with Crippen molar-refractivity contribution in [1.29, 1.82) is 0 Å². The second kappa shape index (κ2) is 9.06. The van der Waals surface area contributed by atoms with E-state index in [4.69, 9.17) is 0 Å². The van der Waals surface area contributed by atoms with Gasteiger partial charge in [-0.25, -0.2) is 9.97 Å². The van der Waals surface area contributed by atoms with Crippen LogP contribution < -0.4 is 0 Å². The molecule has 0 aromatic carbocycles. The van der Waals surface area contributed by atoms with Crippen LogP contribution in [-0.2, 0) is 5.41 Å². The van der Waals surface area contributed by atoms with Crippen molar-refractivity contribution >= 4 is 0 Å². The summed E-state index contributed by atoms with van der Waals surface area (Å²) in [6.07, 6.45) is 17.5. The smallest absolute Gasteiger partial charge is 0.115 e. The summed E-state index contributed by atoms with van der Waals surface area (Å²) in [7, 11) is 0. The summed E-state index contributed by atoms with van der Waals surface area (Å²) in [5.41, 5.74) is 1.59. The predicted molar refractivity (Wildman–Crippen MR) is 82.3 cm³/mol. The van der Waals surface area contributed by atoms with E-state index < -0.39 is 0 Å². The fourth-order valence-electron chi connectivity index (χ4n) is 2.73. The van der Waals surface area contributed by atoms with Gasteiger partial charge in [0.05, 0.1) is 0 Å². The lowest BCUT2D eigenvalue weighted by Gasteiger charge is -2.30. The van der Waals surface area contributed by atoms with E-state index in [0.29, 0.717) is 0 Å². The molecule has 1 atom stereocenters. The Morgan fingerprint density at radius 3 is 1.95 bits per heavy atom. The van der Waals surface area contributed by atoms with Crippen LogP contribution in [0.5, 0.6) is 0 Å². The molecule has 108 valence electrons. The first kappa shape index (κ1) is 16.1. The number of hydrogen-bond donors (Lipinski definition) is 0. The van der Waals surface area contributed by atoms with Crippen molar-refractivity contribution in [2.45, 2.75) is 84.0 Å². The average Bonchev–Trinajstić information content (AvgIpc) is 2.45. The lowest BCUT2D eigenvalue weighted by molar-refractivity contribution is 0.364. The lowest BCUT2D eigenvalue weighted by Crippen LogP contribution is -2.22. The minimum atomic E-state index is 0.268. The Morgan fingerprint density at radius 2 is 1.37 bits per heavy atom. The van der Waals surface area contributed by atoms with Gasteiger partial charge >= 0.3 is 0 Å². The van der Waals surface area contributed by atoms with Crippen LogP contribution >= 0.6 is 0 Å². The second-order valence-corrected chi connectivity index (χ2v) is 5.96. The summed E-state index contributed by atoms with van der Waals surface area (Å²) < 4.78 is 0. The van der Waals surface area contributed by atoms with E-state index in [1.54, 1.807) is 6.33 Å². The van der Waals surface area contributed by atoms with Gasteiger partial charge in [-0.05, 0) is 23.8 Å². The fraction of sp³-hybridized carbons (Fsp3) is 0.765. The van der Waals surface area contributed by atoms with E-state index in [-0.39, 0.29) is 5.41 Å². The van der Waals surface area contributed by atoms with Crippen LogP contribution in [0.2, 0.25) is 0 Å². The van der Waals surface area contributed by atoms with Gasteiger partial charge in [-0.1, -0.05) is 65.7 Å². The third-order valence-corrected chi connectivity index (χ3v) is 4.17. The predicted octanol–water partition coefficient (Wildman–Crippen LogP) is 5.29. The molecule has 0 saturated heterocycles. The Hall–Kier alpha value is -0.920. The zero-order valence-corrected chi connectivity index (χ0v) is 13.0. The zero-order valence-electron chi connectivity index (χ0n) is 13.0. The summed E-state index contributed by atoms with van der Waals surface area (Å²) in [4.78, 5) is 8.42. The molecule has 0 aliphatic carbocycles. The quantitative estimate of drug-likeness (QED) is 0.536. The van der Waals surface area contributed by atoms with E-state index in [1.807, 2.05) is 12.4 Å². The molecule has 0 amide bonds. The Morgan fingerprint density at radius 1 is 0.842 bits per heavy atom. The maximum atomic E-state index is 4.21. The Balaban J connectivity index is 2.61. The monoisotopic (exact) mass is 262 g/mol. The Bertz CT molecular complexity index is 323. The SMILES string of the molecule is CCCCCCC(C)(CCCCC)c1cncnc1. The van der Waals surface area contributed by atoms with E-state index in [9.17, 15) is 0 Å². The standard InChI is InChI=1S/C17H30N2/c1-4-6-8-10-12-17(3,11-9-7-5-2)16-13-18-15-19-14-16/h13-15H,4-12H2,1-3H3. The number of hydrogen-bond acceptors (Lipinski definition) is 2. The molecule has 19 heavy (non-hydrogen) atoms. The van der Waals surface area contributed by atoms with Crippen LogP contribution in [0.1, 0.15) is 84.1 Å². The molecule has 0 spiro atoms. The maximum absolute atomic E-state index is 4.21. The molecule has 0 fully saturated rings. The van der Waals surface area contributed by atoms with E-state index in [2.05, 4.69) is 30.7 Å². The van der Waals surface area contributed by atoms with Crippen molar-refractivity contribution in [3.63, 3.8) is 0 Å². The van der Waals surface area contributed by atoms with Crippen LogP contribution in [0.3, 0.4) is 0 Å². The molecule has 1 rings (SSSR count). The first-order valence-corrected chi connectivity index (χ1v) is 7.98. The first-order valence-electron chi connectivity index (χ1n) is 7.98. The number of nitrogens with zero attached hydrogens (tertiary/aromatic N) is 2. The Labute approximate surface area is 119 Å². The molecular formula is C17H30N2. The molecule has 0 radical (unpaired) electrons. The van der Waals surface area contributed by atoms with Gasteiger partial charge in [-0.3, -0.25) is 0 Å². The summed E-state index contributed by atoms with van der Waals surface area (Å²) in [6.45, 7) is 6.93. The third-order valence-electron chi connectivity index (χ3n) is 4.17. The fourth-order valence-corrected chi connectivity index (χ4v) is 2.73. The third kappa shape index (κ3) is 5.71. The molecule has 0 bridgehead atoms. The molecule has 1 aromatic heterocycles. The molecular weight excluding hydrogens is 232 g/mol. The average molecular weight is 262 g/mol. The van der Waals surface area contributed by atoms with Crippen LogP contribution in [0.25, 0.3) is 0 Å². The highest BCUT2D eigenvalue weighted by Crippen LogP contribution is 2.34. The topological polar surface area (TPSA) is 25.8 Å². The molecule has 1 unspecified atom stereocenters. The van der Waals surface area contributed by atoms with Crippen molar-refractivity contribution in [1.82, 2.24) is 9.97 Å². The zero-order chi connectivity index (χ0) is 14.0. The van der Waals surface area contributed by atoms with Gasteiger partial charge in [0.15, 0.2) is 0 Å². The van der Waals surface area contributed by atoms with Crippen molar-refractivity contribution in [3.8, 4) is 0 Å². The Kier molecular flexibility index (Phi) is 7.69. The normalized spacial score (nSPS) is 14.3. The van der Waals surface area contributed by atoms with Crippen molar-refractivity contribution in [2.75, 3.05) is 0 Å². The van der Waals surface area contributed by atoms with Crippen LogP contribution in [0.15, 0.2) is 18.7 Å². The van der Waals surface area contributed by atoms with Crippen LogP contribution in [0, 0.1) is 0 Å². The highest BCUT2D eigenvalue weighted by molar-refractivity contribution is 5.17. The minimum Gasteiger partial charge on any atom is -0.245 e. The summed E-state index contributed by atoms with van der Waals surface area (Å²) >= 11 is 0. The molecule has 2 heteroatoms. The van der Waals surface area contributed by atoms with E-state index >= 15 is 0 Å². The van der Waals surface area contributed by atoms with Crippen LogP contribution in [0.4, 0.5) is 0 Å². The van der Waals surface area contributed by atoms with Gasteiger partial charge in [-0.2, -0.15) is 0 Å². The maximum Gasteiger partial charge on any atom is 0.115 e. The van der Waals surface area contributed by atoms with Gasteiger partial charge in [0.25, 0.3) is 0 Å². The highest BCUT2D eigenvalue weighted by atomic mass is 14.8.